The molecule has 0 fully saturated rings. The molecule has 0 aliphatic heterocycles. The van der Waals surface area contributed by atoms with E-state index in [1.54, 1.807) is 11.0 Å². The predicted octanol–water partition coefficient (Wildman–Crippen LogP) is 2.11. The molecule has 2 aromatic rings. The van der Waals surface area contributed by atoms with Gasteiger partial charge < -0.3 is 5.73 Å². The summed E-state index contributed by atoms with van der Waals surface area (Å²) in [6.45, 7) is 3.88. The van der Waals surface area contributed by atoms with Gasteiger partial charge in [-0.15, -0.1) is 0 Å². The first kappa shape index (κ1) is 11.1. The van der Waals surface area contributed by atoms with E-state index in [4.69, 9.17) is 17.3 Å². The first-order valence-corrected chi connectivity index (χ1v) is 5.30. The smallest absolute Gasteiger partial charge is 0.138 e. The summed E-state index contributed by atoms with van der Waals surface area (Å²) in [5.74, 6) is 0. The van der Waals surface area contributed by atoms with Gasteiger partial charge in [0.25, 0.3) is 0 Å². The third kappa shape index (κ3) is 2.08. The molecule has 2 N–H and O–H groups in total. The SMILES string of the molecule is CC(C)(N)c1ccc(-n2cncn2)c(Cl)c1. The van der Waals surface area contributed by atoms with Crippen molar-refractivity contribution in [3.63, 3.8) is 0 Å². The molecule has 0 bridgehead atoms. The molecule has 0 atom stereocenters. The number of benzene rings is 1. The van der Waals surface area contributed by atoms with Gasteiger partial charge in [0, 0.05) is 5.54 Å². The second-order valence-corrected chi connectivity index (χ2v) is 4.64. The minimum Gasteiger partial charge on any atom is -0.322 e. The van der Waals surface area contributed by atoms with E-state index in [-0.39, 0.29) is 0 Å². The molecular formula is C11H13ClN4. The lowest BCUT2D eigenvalue weighted by Crippen LogP contribution is -2.28. The second-order valence-electron chi connectivity index (χ2n) is 4.23. The summed E-state index contributed by atoms with van der Waals surface area (Å²) >= 11 is 6.18. The lowest BCUT2D eigenvalue weighted by Gasteiger charge is -2.20. The fraction of sp³-hybridized carbons (Fsp3) is 0.273. The van der Waals surface area contributed by atoms with Crippen molar-refractivity contribution in [1.82, 2.24) is 14.8 Å². The molecule has 5 heteroatoms. The minimum absolute atomic E-state index is 0.398. The Hall–Kier alpha value is -1.39. The molecule has 0 unspecified atom stereocenters. The third-order valence-corrected chi connectivity index (χ3v) is 2.66. The van der Waals surface area contributed by atoms with Crippen molar-refractivity contribution in [2.45, 2.75) is 19.4 Å². The van der Waals surface area contributed by atoms with Gasteiger partial charge >= 0.3 is 0 Å². The Labute approximate surface area is 99.1 Å². The van der Waals surface area contributed by atoms with Crippen LogP contribution in [0.2, 0.25) is 5.02 Å². The van der Waals surface area contributed by atoms with Gasteiger partial charge in [0.05, 0.1) is 10.7 Å². The number of nitrogens with two attached hydrogens (primary N) is 1. The molecule has 1 heterocycles. The maximum Gasteiger partial charge on any atom is 0.138 e. The van der Waals surface area contributed by atoms with Crippen LogP contribution in [-0.4, -0.2) is 14.8 Å². The lowest BCUT2D eigenvalue weighted by atomic mass is 9.95. The molecule has 0 saturated carbocycles. The van der Waals surface area contributed by atoms with Gasteiger partial charge in [0.1, 0.15) is 12.7 Å². The fourth-order valence-electron chi connectivity index (χ4n) is 1.43. The lowest BCUT2D eigenvalue weighted by molar-refractivity contribution is 0.554. The zero-order valence-corrected chi connectivity index (χ0v) is 9.94. The molecule has 2 rings (SSSR count). The molecule has 0 aliphatic rings. The van der Waals surface area contributed by atoms with Gasteiger partial charge in [-0.05, 0) is 31.5 Å². The number of halogens is 1. The minimum atomic E-state index is -0.398. The molecule has 84 valence electrons. The van der Waals surface area contributed by atoms with Crippen LogP contribution >= 0.6 is 11.6 Å². The molecule has 1 aromatic heterocycles. The molecule has 0 amide bonds. The van der Waals surface area contributed by atoms with Crippen molar-refractivity contribution >= 4 is 11.6 Å². The van der Waals surface area contributed by atoms with Gasteiger partial charge in [-0.1, -0.05) is 17.7 Å². The van der Waals surface area contributed by atoms with E-state index >= 15 is 0 Å². The molecule has 0 spiro atoms. The summed E-state index contributed by atoms with van der Waals surface area (Å²) in [5, 5.41) is 4.64. The highest BCUT2D eigenvalue weighted by molar-refractivity contribution is 6.32. The van der Waals surface area contributed by atoms with E-state index in [9.17, 15) is 0 Å². The highest BCUT2D eigenvalue weighted by atomic mass is 35.5. The van der Waals surface area contributed by atoms with Crippen LogP contribution in [0.15, 0.2) is 30.9 Å². The van der Waals surface area contributed by atoms with Crippen molar-refractivity contribution < 1.29 is 0 Å². The topological polar surface area (TPSA) is 56.7 Å². The summed E-state index contributed by atoms with van der Waals surface area (Å²) in [7, 11) is 0. The van der Waals surface area contributed by atoms with E-state index in [2.05, 4.69) is 10.1 Å². The molecule has 0 aliphatic carbocycles. The number of rotatable bonds is 2. The molecule has 0 radical (unpaired) electrons. The van der Waals surface area contributed by atoms with Gasteiger partial charge in [0.2, 0.25) is 0 Å². The van der Waals surface area contributed by atoms with Crippen molar-refractivity contribution in [2.75, 3.05) is 0 Å². The summed E-state index contributed by atoms with van der Waals surface area (Å²) in [5.41, 5.74) is 7.39. The normalized spacial score (nSPS) is 11.8. The largest absolute Gasteiger partial charge is 0.322 e. The number of hydrogen-bond donors (Lipinski definition) is 1. The zero-order valence-electron chi connectivity index (χ0n) is 9.18. The van der Waals surface area contributed by atoms with Crippen LogP contribution in [0.5, 0.6) is 0 Å². The summed E-state index contributed by atoms with van der Waals surface area (Å²) in [4.78, 5) is 3.88. The van der Waals surface area contributed by atoms with Crippen LogP contribution in [0.25, 0.3) is 5.69 Å². The second kappa shape index (κ2) is 3.88. The van der Waals surface area contributed by atoms with Gasteiger partial charge in [-0.2, -0.15) is 5.10 Å². The number of aromatic nitrogens is 3. The Morgan fingerprint density at radius 2 is 2.12 bits per heavy atom. The highest BCUT2D eigenvalue weighted by Gasteiger charge is 2.15. The van der Waals surface area contributed by atoms with Crippen LogP contribution in [0.4, 0.5) is 0 Å². The van der Waals surface area contributed by atoms with Crippen LogP contribution < -0.4 is 5.73 Å². The Kier molecular flexibility index (Phi) is 2.69. The molecular weight excluding hydrogens is 224 g/mol. The monoisotopic (exact) mass is 236 g/mol. The average Bonchev–Trinajstić information content (AvgIpc) is 2.69. The molecule has 1 aromatic carbocycles. The maximum absolute atomic E-state index is 6.18. The number of hydrogen-bond acceptors (Lipinski definition) is 3. The fourth-order valence-corrected chi connectivity index (χ4v) is 1.69. The Bertz CT molecular complexity index is 485. The summed E-state index contributed by atoms with van der Waals surface area (Å²) in [6, 6.07) is 5.70. The zero-order chi connectivity index (χ0) is 11.8. The Balaban J connectivity index is 2.46. The molecule has 4 nitrogen and oxygen atoms in total. The Morgan fingerprint density at radius 3 is 2.62 bits per heavy atom. The molecule has 0 saturated heterocycles. The standard InChI is InChI=1S/C11H13ClN4/c1-11(2,13)8-3-4-10(9(12)5-8)16-7-14-6-15-16/h3-7H,13H2,1-2H3. The van der Waals surface area contributed by atoms with Crippen molar-refractivity contribution in [3.05, 3.63) is 41.4 Å². The predicted molar refractivity (Wildman–Crippen MR) is 63.6 cm³/mol. The number of nitrogens with zero attached hydrogens (tertiary/aromatic N) is 3. The maximum atomic E-state index is 6.18. The van der Waals surface area contributed by atoms with Gasteiger partial charge in [0.15, 0.2) is 0 Å². The van der Waals surface area contributed by atoms with E-state index in [1.807, 2.05) is 32.0 Å². The van der Waals surface area contributed by atoms with Crippen LogP contribution in [0.1, 0.15) is 19.4 Å². The van der Waals surface area contributed by atoms with Crippen LogP contribution in [-0.2, 0) is 5.54 Å². The van der Waals surface area contributed by atoms with Gasteiger partial charge in [-0.25, -0.2) is 9.67 Å². The summed E-state index contributed by atoms with van der Waals surface area (Å²) < 4.78 is 1.62. The first-order valence-electron chi connectivity index (χ1n) is 4.92. The van der Waals surface area contributed by atoms with E-state index in [0.29, 0.717) is 5.02 Å². The quantitative estimate of drug-likeness (QED) is 0.869. The van der Waals surface area contributed by atoms with E-state index in [0.717, 1.165) is 11.3 Å². The molecule has 16 heavy (non-hydrogen) atoms. The third-order valence-electron chi connectivity index (χ3n) is 2.36. The van der Waals surface area contributed by atoms with Crippen LogP contribution in [0.3, 0.4) is 0 Å². The van der Waals surface area contributed by atoms with Crippen molar-refractivity contribution in [2.24, 2.45) is 5.73 Å². The van der Waals surface area contributed by atoms with E-state index in [1.165, 1.54) is 6.33 Å². The highest BCUT2D eigenvalue weighted by Crippen LogP contribution is 2.25. The Morgan fingerprint density at radius 1 is 1.38 bits per heavy atom. The summed E-state index contributed by atoms with van der Waals surface area (Å²) in [6.07, 6.45) is 3.07. The van der Waals surface area contributed by atoms with Crippen molar-refractivity contribution in [1.29, 1.82) is 0 Å². The first-order chi connectivity index (χ1) is 7.48. The average molecular weight is 237 g/mol. The van der Waals surface area contributed by atoms with E-state index < -0.39 is 5.54 Å². The van der Waals surface area contributed by atoms with Crippen molar-refractivity contribution in [3.8, 4) is 5.69 Å². The van der Waals surface area contributed by atoms with Crippen LogP contribution in [0, 0.1) is 0 Å². The van der Waals surface area contributed by atoms with Gasteiger partial charge in [-0.3, -0.25) is 0 Å².